The number of halogens is 9. The van der Waals surface area contributed by atoms with Crippen molar-refractivity contribution in [2.75, 3.05) is 5.75 Å². The topological polar surface area (TPSA) is 86.7 Å². The van der Waals surface area contributed by atoms with E-state index in [1.54, 1.807) is 6.92 Å². The van der Waals surface area contributed by atoms with E-state index in [9.17, 15) is 56.3 Å². The first-order chi connectivity index (χ1) is 13.7. The van der Waals surface area contributed by atoms with Gasteiger partial charge in [-0.2, -0.15) is 56.3 Å². The molecule has 0 amide bonds. The lowest BCUT2D eigenvalue weighted by Crippen LogP contribution is -2.63. The molecule has 17 heteroatoms. The van der Waals surface area contributed by atoms with Gasteiger partial charge in [0.2, 0.25) is 0 Å². The van der Waals surface area contributed by atoms with Crippen LogP contribution in [0.15, 0.2) is 24.3 Å². The van der Waals surface area contributed by atoms with Crippen LogP contribution in [0.25, 0.3) is 0 Å². The largest absolute Gasteiger partial charge is 0.460 e. The zero-order valence-corrected chi connectivity index (χ0v) is 16.7. The summed E-state index contributed by atoms with van der Waals surface area (Å²) in [5.74, 6) is -17.0. The molecule has 31 heavy (non-hydrogen) atoms. The Morgan fingerprint density at radius 1 is 0.742 bits per heavy atom. The van der Waals surface area contributed by atoms with Crippen molar-refractivity contribution in [3.8, 4) is 11.5 Å². The highest BCUT2D eigenvalue weighted by Crippen LogP contribution is 2.54. The van der Waals surface area contributed by atoms with Crippen LogP contribution in [0.2, 0.25) is 0 Å². The van der Waals surface area contributed by atoms with Gasteiger partial charge in [-0.15, -0.1) is 0 Å². The molecule has 0 aromatic heterocycles. The second kappa shape index (κ2) is 8.55. The van der Waals surface area contributed by atoms with Crippen LogP contribution in [0.1, 0.15) is 19.8 Å². The maximum atomic E-state index is 13.6. The lowest BCUT2D eigenvalue weighted by atomic mass is 10.1. The minimum Gasteiger partial charge on any atom is -0.382 e. The number of hydrogen-bond acceptors (Lipinski definition) is 6. The molecule has 0 aliphatic carbocycles. The van der Waals surface area contributed by atoms with Crippen molar-refractivity contribution in [1.29, 1.82) is 0 Å². The Kier molecular flexibility index (Phi) is 7.48. The fraction of sp³-hybridized carbons (Fsp3) is 0.571. The molecule has 1 aromatic rings. The van der Waals surface area contributed by atoms with Crippen molar-refractivity contribution >= 4 is 20.2 Å². The number of hydrogen-bond donors (Lipinski definition) is 0. The summed E-state index contributed by atoms with van der Waals surface area (Å²) in [7, 11) is -11.2. The molecule has 1 rings (SSSR count). The monoisotopic (exact) mass is 512 g/mol. The Morgan fingerprint density at radius 2 is 1.16 bits per heavy atom. The number of rotatable bonds is 10. The third-order valence-electron chi connectivity index (χ3n) is 3.43. The first-order valence-electron chi connectivity index (χ1n) is 7.88. The van der Waals surface area contributed by atoms with Gasteiger partial charge in [-0.3, -0.25) is 0 Å². The molecule has 0 unspecified atom stereocenters. The summed E-state index contributed by atoms with van der Waals surface area (Å²) in [6, 6.07) is 2.10. The second-order valence-corrected chi connectivity index (χ2v) is 9.15. The summed E-state index contributed by atoms with van der Waals surface area (Å²) >= 11 is 0. The smallest absolute Gasteiger partial charge is 0.382 e. The second-order valence-electron chi connectivity index (χ2n) is 5.87. The third kappa shape index (κ3) is 5.48. The van der Waals surface area contributed by atoms with Crippen molar-refractivity contribution in [2.45, 2.75) is 43.0 Å². The van der Waals surface area contributed by atoms with Crippen LogP contribution in [0.3, 0.4) is 0 Å². The standard InChI is InChI=1S/C14H13F9O6S2/c1-2-3-8-30(24,25)28-9-4-6-10(7-5-9)29-31(26,27)14(22,23)12(17,18)11(15,16)13(19,20)21/h4-7H,2-3,8H2,1H3. The van der Waals surface area contributed by atoms with E-state index in [-0.39, 0.29) is 6.42 Å². The fourth-order valence-corrected chi connectivity index (χ4v) is 3.80. The molecule has 0 saturated heterocycles. The first kappa shape index (κ1) is 27.1. The molecule has 0 bridgehead atoms. The summed E-state index contributed by atoms with van der Waals surface area (Å²) in [5.41, 5.74) is 0. The zero-order valence-electron chi connectivity index (χ0n) is 15.1. The number of unbranched alkanes of at least 4 members (excludes halogenated alkanes) is 1. The van der Waals surface area contributed by atoms with Gasteiger partial charge >= 0.3 is 43.5 Å². The highest BCUT2D eigenvalue weighted by Gasteiger charge is 2.86. The molecule has 0 aliphatic rings. The van der Waals surface area contributed by atoms with Crippen LogP contribution in [-0.2, 0) is 20.2 Å². The van der Waals surface area contributed by atoms with E-state index in [0.717, 1.165) is 0 Å². The van der Waals surface area contributed by atoms with Gasteiger partial charge < -0.3 is 8.37 Å². The molecule has 0 fully saturated rings. The molecule has 6 nitrogen and oxygen atoms in total. The Morgan fingerprint density at radius 3 is 1.55 bits per heavy atom. The van der Waals surface area contributed by atoms with E-state index < -0.39 is 60.8 Å². The first-order valence-corrected chi connectivity index (χ1v) is 10.9. The molecule has 0 atom stereocenters. The van der Waals surface area contributed by atoms with E-state index in [2.05, 4.69) is 8.37 Å². The molecule has 0 aliphatic heterocycles. The average Bonchev–Trinajstić information content (AvgIpc) is 2.59. The van der Waals surface area contributed by atoms with E-state index in [1.807, 2.05) is 0 Å². The highest BCUT2D eigenvalue weighted by atomic mass is 32.2. The van der Waals surface area contributed by atoms with Gasteiger partial charge in [0.1, 0.15) is 11.5 Å². The van der Waals surface area contributed by atoms with Crippen molar-refractivity contribution in [3.05, 3.63) is 24.3 Å². The van der Waals surface area contributed by atoms with Crippen molar-refractivity contribution < 1.29 is 64.7 Å². The van der Waals surface area contributed by atoms with Crippen LogP contribution in [0.4, 0.5) is 39.5 Å². The summed E-state index contributed by atoms with van der Waals surface area (Å²) in [5, 5.41) is -7.02. The average molecular weight is 512 g/mol. The molecule has 0 radical (unpaired) electrons. The van der Waals surface area contributed by atoms with Gasteiger partial charge in [0.15, 0.2) is 0 Å². The SMILES string of the molecule is CCCCS(=O)(=O)Oc1ccc(OS(=O)(=O)C(F)(F)C(F)(F)C(F)(F)C(F)(F)F)cc1. The van der Waals surface area contributed by atoms with Crippen LogP contribution < -0.4 is 8.37 Å². The lowest BCUT2D eigenvalue weighted by Gasteiger charge is -2.32. The molecular weight excluding hydrogens is 499 g/mol. The molecular formula is C14H13F9O6S2. The summed E-state index contributed by atoms with van der Waals surface area (Å²) in [6.07, 6.45) is -6.51. The van der Waals surface area contributed by atoms with Crippen molar-refractivity contribution in [2.24, 2.45) is 0 Å². The van der Waals surface area contributed by atoms with Gasteiger partial charge in [0.25, 0.3) is 0 Å². The summed E-state index contributed by atoms with van der Waals surface area (Å²) < 4.78 is 170. The quantitative estimate of drug-likeness (QED) is 0.343. The van der Waals surface area contributed by atoms with Crippen LogP contribution in [0.5, 0.6) is 11.5 Å². The molecule has 180 valence electrons. The van der Waals surface area contributed by atoms with Crippen molar-refractivity contribution in [3.63, 3.8) is 0 Å². The molecule has 0 heterocycles. The highest BCUT2D eigenvalue weighted by molar-refractivity contribution is 7.88. The number of alkyl halides is 9. The Labute approximate surface area is 170 Å². The molecule has 0 N–H and O–H groups in total. The minimum absolute atomic E-state index is 0.216. The minimum atomic E-state index is -7.44. The Bertz CT molecular complexity index is 971. The van der Waals surface area contributed by atoms with E-state index in [0.29, 0.717) is 30.7 Å². The predicted octanol–water partition coefficient (Wildman–Crippen LogP) is 4.33. The van der Waals surface area contributed by atoms with Crippen LogP contribution in [0, 0.1) is 0 Å². The fourth-order valence-electron chi connectivity index (χ4n) is 1.76. The van der Waals surface area contributed by atoms with Gasteiger partial charge in [0, 0.05) is 0 Å². The van der Waals surface area contributed by atoms with E-state index >= 15 is 0 Å². The van der Waals surface area contributed by atoms with Crippen LogP contribution in [-0.4, -0.2) is 45.9 Å². The van der Waals surface area contributed by atoms with Gasteiger partial charge in [-0.05, 0) is 30.7 Å². The summed E-state index contributed by atoms with van der Waals surface area (Å²) in [4.78, 5) is 0. The van der Waals surface area contributed by atoms with Gasteiger partial charge in [0.05, 0.1) is 5.75 Å². The van der Waals surface area contributed by atoms with Gasteiger partial charge in [-0.25, -0.2) is 0 Å². The summed E-state index contributed by atoms with van der Waals surface area (Å²) in [6.45, 7) is 1.67. The normalized spacial score (nSPS) is 14.4. The Balaban J connectivity index is 3.14. The lowest BCUT2D eigenvalue weighted by molar-refractivity contribution is -0.382. The van der Waals surface area contributed by atoms with Gasteiger partial charge in [-0.1, -0.05) is 13.3 Å². The maximum absolute atomic E-state index is 13.6. The van der Waals surface area contributed by atoms with E-state index in [1.165, 1.54) is 0 Å². The Hall–Kier alpha value is -1.91. The van der Waals surface area contributed by atoms with Crippen molar-refractivity contribution in [1.82, 2.24) is 0 Å². The van der Waals surface area contributed by atoms with Crippen LogP contribution >= 0.6 is 0 Å². The molecule has 1 aromatic carbocycles. The number of benzene rings is 1. The predicted molar refractivity (Wildman–Crippen MR) is 86.2 cm³/mol. The molecule has 0 spiro atoms. The maximum Gasteiger partial charge on any atom is 0.460 e. The molecule has 0 saturated carbocycles. The zero-order chi connectivity index (χ0) is 24.5. The third-order valence-corrected chi connectivity index (χ3v) is 5.96. The van der Waals surface area contributed by atoms with E-state index in [4.69, 9.17) is 0 Å².